The van der Waals surface area contributed by atoms with E-state index in [1.807, 2.05) is 18.2 Å². The summed E-state index contributed by atoms with van der Waals surface area (Å²) in [5.41, 5.74) is 1.44. The molecule has 1 amide bonds. The van der Waals surface area contributed by atoms with Crippen molar-refractivity contribution in [1.29, 1.82) is 0 Å². The van der Waals surface area contributed by atoms with E-state index in [4.69, 9.17) is 17.4 Å². The Morgan fingerprint density at radius 2 is 1.97 bits per heavy atom. The molecule has 1 fully saturated rings. The number of nitrogens with zero attached hydrogens (tertiary/aromatic N) is 4. The molecule has 34 heavy (non-hydrogen) atoms. The number of benzene rings is 1. The number of H-pyrrole nitrogens is 1. The van der Waals surface area contributed by atoms with Crippen LogP contribution in [0.2, 0.25) is 5.02 Å². The molecule has 0 radical (unpaired) electrons. The molecular formula is C22H28ClN7O3S. The van der Waals surface area contributed by atoms with E-state index in [-0.39, 0.29) is 18.4 Å². The summed E-state index contributed by atoms with van der Waals surface area (Å²) < 4.78 is 26.0. The number of piperidine rings is 1. The van der Waals surface area contributed by atoms with Crippen LogP contribution in [0.5, 0.6) is 0 Å². The van der Waals surface area contributed by atoms with Crippen LogP contribution in [0.4, 0.5) is 5.82 Å². The van der Waals surface area contributed by atoms with E-state index in [0.29, 0.717) is 54.2 Å². The molecule has 1 saturated heterocycles. The summed E-state index contributed by atoms with van der Waals surface area (Å²) in [6.45, 7) is 1.39. The van der Waals surface area contributed by atoms with Crippen LogP contribution in [0, 0.1) is 5.92 Å². The summed E-state index contributed by atoms with van der Waals surface area (Å²) in [5.74, 6) is 6.09. The van der Waals surface area contributed by atoms with Crippen molar-refractivity contribution in [3.05, 3.63) is 53.4 Å². The number of aromatic nitrogens is 3. The van der Waals surface area contributed by atoms with Crippen LogP contribution >= 0.6 is 11.6 Å². The number of hydrogen-bond donors (Lipinski definition) is 3. The van der Waals surface area contributed by atoms with Crippen LogP contribution in [0.1, 0.15) is 30.9 Å². The van der Waals surface area contributed by atoms with Gasteiger partial charge in [0.25, 0.3) is 0 Å². The minimum Gasteiger partial charge on any atom is -0.346 e. The molecule has 10 nitrogen and oxygen atoms in total. The van der Waals surface area contributed by atoms with Gasteiger partial charge in [0.15, 0.2) is 0 Å². The zero-order valence-corrected chi connectivity index (χ0v) is 20.4. The highest BCUT2D eigenvalue weighted by Gasteiger charge is 2.35. The number of anilines is 1. The maximum Gasteiger partial charge on any atom is 0.231 e. The lowest BCUT2D eigenvalue weighted by atomic mass is 9.93. The lowest BCUT2D eigenvalue weighted by Gasteiger charge is -2.36. The molecule has 2 aromatic heterocycles. The van der Waals surface area contributed by atoms with Crippen molar-refractivity contribution in [2.75, 3.05) is 30.8 Å². The van der Waals surface area contributed by atoms with Gasteiger partial charge >= 0.3 is 0 Å². The van der Waals surface area contributed by atoms with Crippen LogP contribution in [0.25, 0.3) is 11.0 Å². The normalized spacial score (nSPS) is 16.6. The fraction of sp³-hybridized carbons (Fsp3) is 0.409. The fourth-order valence-electron chi connectivity index (χ4n) is 4.31. The van der Waals surface area contributed by atoms with Crippen molar-refractivity contribution in [3.63, 3.8) is 0 Å². The third-order valence-electron chi connectivity index (χ3n) is 6.03. The summed E-state index contributed by atoms with van der Waals surface area (Å²) in [4.78, 5) is 27.6. The third kappa shape index (κ3) is 5.73. The zero-order valence-electron chi connectivity index (χ0n) is 18.8. The number of amides is 1. The first-order valence-corrected chi connectivity index (χ1v) is 13.3. The molecule has 1 unspecified atom stereocenters. The first kappa shape index (κ1) is 24.6. The fourth-order valence-corrected chi connectivity index (χ4v) is 4.92. The maximum atomic E-state index is 14.0. The van der Waals surface area contributed by atoms with Crippen molar-refractivity contribution in [1.82, 2.24) is 24.7 Å². The molecule has 0 saturated carbocycles. The first-order valence-electron chi connectivity index (χ1n) is 11.0. The van der Waals surface area contributed by atoms with Gasteiger partial charge < -0.3 is 4.98 Å². The molecule has 12 heteroatoms. The van der Waals surface area contributed by atoms with Crippen molar-refractivity contribution in [2.45, 2.75) is 25.3 Å². The highest BCUT2D eigenvalue weighted by atomic mass is 35.5. The minimum absolute atomic E-state index is 0.0754. The average Bonchev–Trinajstić information content (AvgIpc) is 3.28. The standard InChI is InChI=1S/C22H28ClN7O3S/c1-34(32,33)28-11-7-19(15-2-4-17(23)5-3-15)30(22(31)16-8-12-29(24)13-9-16)21-18-6-10-25-20(18)26-14-27-21/h2-6,10,14,16,19,28H,7-9,11-13,24H2,1H3,(H,25,26,27). The number of aromatic amines is 1. The van der Waals surface area contributed by atoms with Crippen LogP contribution in [0.3, 0.4) is 0 Å². The van der Waals surface area contributed by atoms with Crippen molar-refractivity contribution in [3.8, 4) is 0 Å². The number of hydrazine groups is 1. The smallest absolute Gasteiger partial charge is 0.231 e. The molecule has 1 aliphatic rings. The summed E-state index contributed by atoms with van der Waals surface area (Å²) in [6.07, 6.45) is 5.88. The average molecular weight is 506 g/mol. The Labute approximate surface area is 203 Å². The van der Waals surface area contributed by atoms with E-state index in [1.54, 1.807) is 28.2 Å². The Morgan fingerprint density at radius 1 is 1.26 bits per heavy atom. The first-order chi connectivity index (χ1) is 16.2. The van der Waals surface area contributed by atoms with Gasteiger partial charge in [-0.15, -0.1) is 0 Å². The van der Waals surface area contributed by atoms with Gasteiger partial charge in [-0.2, -0.15) is 0 Å². The van der Waals surface area contributed by atoms with E-state index in [1.165, 1.54) is 6.33 Å². The lowest BCUT2D eigenvalue weighted by molar-refractivity contribution is -0.124. The van der Waals surface area contributed by atoms with Gasteiger partial charge in [-0.25, -0.2) is 28.1 Å². The molecular weight excluding hydrogens is 478 g/mol. The van der Waals surface area contributed by atoms with Crippen LogP contribution < -0.4 is 15.5 Å². The molecule has 182 valence electrons. The van der Waals surface area contributed by atoms with E-state index < -0.39 is 16.1 Å². The molecule has 4 rings (SSSR count). The SMILES string of the molecule is CS(=O)(=O)NCCC(c1ccc(Cl)cc1)N(C(=O)C1CCN(N)CC1)c1ncnc2[nH]ccc12. The Kier molecular flexibility index (Phi) is 7.48. The number of fused-ring (bicyclic) bond motifs is 1. The number of carbonyl (C=O) groups excluding carboxylic acids is 1. The molecule has 4 N–H and O–H groups in total. The molecule has 3 heterocycles. The highest BCUT2D eigenvalue weighted by molar-refractivity contribution is 7.88. The maximum absolute atomic E-state index is 14.0. The molecule has 1 aliphatic heterocycles. The van der Waals surface area contributed by atoms with E-state index in [0.717, 1.165) is 11.8 Å². The van der Waals surface area contributed by atoms with E-state index in [9.17, 15) is 13.2 Å². The molecule has 3 aromatic rings. The van der Waals surface area contributed by atoms with Crippen LogP contribution in [-0.4, -0.2) is 60.2 Å². The van der Waals surface area contributed by atoms with Gasteiger partial charge in [0.05, 0.1) is 17.7 Å². The summed E-state index contributed by atoms with van der Waals surface area (Å²) in [6, 6.07) is 8.58. The summed E-state index contributed by atoms with van der Waals surface area (Å²) in [7, 11) is -3.40. The van der Waals surface area contributed by atoms with Gasteiger partial charge in [-0.1, -0.05) is 23.7 Å². The third-order valence-corrected chi connectivity index (χ3v) is 7.01. The number of hydrogen-bond acceptors (Lipinski definition) is 7. The Bertz CT molecular complexity index is 1240. The number of carbonyl (C=O) groups is 1. The number of rotatable bonds is 8. The predicted molar refractivity (Wildman–Crippen MR) is 132 cm³/mol. The second-order valence-corrected chi connectivity index (χ2v) is 10.7. The zero-order chi connectivity index (χ0) is 24.3. The van der Waals surface area contributed by atoms with Gasteiger partial charge in [-0.3, -0.25) is 15.5 Å². The summed E-state index contributed by atoms with van der Waals surface area (Å²) in [5, 5.41) is 3.00. The number of nitrogens with two attached hydrogens (primary N) is 1. The molecule has 0 bridgehead atoms. The Hall–Kier alpha value is -2.57. The van der Waals surface area contributed by atoms with Crippen molar-refractivity contribution >= 4 is 44.4 Å². The van der Waals surface area contributed by atoms with E-state index >= 15 is 0 Å². The van der Waals surface area contributed by atoms with Crippen molar-refractivity contribution in [2.24, 2.45) is 11.8 Å². The van der Waals surface area contributed by atoms with Crippen LogP contribution in [0.15, 0.2) is 42.9 Å². The number of halogens is 1. The van der Waals surface area contributed by atoms with Crippen LogP contribution in [-0.2, 0) is 14.8 Å². The quantitative estimate of drug-likeness (QED) is 0.399. The molecule has 1 aromatic carbocycles. The molecule has 0 spiro atoms. The van der Waals surface area contributed by atoms with Crippen molar-refractivity contribution < 1.29 is 13.2 Å². The van der Waals surface area contributed by atoms with E-state index in [2.05, 4.69) is 19.7 Å². The Morgan fingerprint density at radius 3 is 2.65 bits per heavy atom. The monoisotopic (exact) mass is 505 g/mol. The molecule has 1 atom stereocenters. The second-order valence-electron chi connectivity index (χ2n) is 8.48. The molecule has 0 aliphatic carbocycles. The predicted octanol–water partition coefficient (Wildman–Crippen LogP) is 2.21. The number of sulfonamides is 1. The lowest BCUT2D eigenvalue weighted by Crippen LogP contribution is -2.46. The topological polar surface area (TPSA) is 137 Å². The minimum atomic E-state index is -3.40. The number of nitrogens with one attached hydrogen (secondary N) is 2. The Balaban J connectivity index is 1.79. The van der Waals surface area contributed by atoms with Gasteiger partial charge in [0, 0.05) is 36.8 Å². The largest absolute Gasteiger partial charge is 0.346 e. The summed E-state index contributed by atoms with van der Waals surface area (Å²) >= 11 is 6.13. The highest BCUT2D eigenvalue weighted by Crippen LogP contribution is 2.35. The van der Waals surface area contributed by atoms with Gasteiger partial charge in [0.2, 0.25) is 15.9 Å². The van der Waals surface area contributed by atoms with Gasteiger partial charge in [-0.05, 0) is 43.0 Å². The van der Waals surface area contributed by atoms with Gasteiger partial charge in [0.1, 0.15) is 17.8 Å². The second kappa shape index (κ2) is 10.4.